The quantitative estimate of drug-likeness (QED) is 0.885. The average Bonchev–Trinajstić information content (AvgIpc) is 2.94. The molecule has 2 atom stereocenters. The van der Waals surface area contributed by atoms with E-state index in [1.165, 1.54) is 0 Å². The number of aryl methyl sites for hydroxylation is 1. The summed E-state index contributed by atoms with van der Waals surface area (Å²) in [6.45, 7) is 4.87. The Balaban J connectivity index is 0.00000176. The number of benzene rings is 1. The summed E-state index contributed by atoms with van der Waals surface area (Å²) in [6.07, 6.45) is 0.923. The smallest absolute Gasteiger partial charge is 0.243 e. The molecule has 1 aromatic carbocycles. The Morgan fingerprint density at radius 1 is 1.32 bits per heavy atom. The van der Waals surface area contributed by atoms with E-state index in [4.69, 9.17) is 5.26 Å². The van der Waals surface area contributed by atoms with Gasteiger partial charge in [0.25, 0.3) is 0 Å². The Bertz CT molecular complexity index is 699. The van der Waals surface area contributed by atoms with Crippen molar-refractivity contribution in [2.75, 3.05) is 26.2 Å². The second-order valence-corrected chi connectivity index (χ2v) is 7.86. The number of hydrogen-bond acceptors (Lipinski definition) is 4. The molecule has 0 aliphatic carbocycles. The molecule has 2 saturated heterocycles. The fourth-order valence-electron chi connectivity index (χ4n) is 3.29. The predicted octanol–water partition coefficient (Wildman–Crippen LogP) is 1.52. The van der Waals surface area contributed by atoms with Crippen LogP contribution in [-0.4, -0.2) is 38.9 Å². The highest BCUT2D eigenvalue weighted by Gasteiger charge is 2.37. The normalized spacial score (nSPS) is 25.1. The summed E-state index contributed by atoms with van der Waals surface area (Å²) in [5.41, 5.74) is 1.23. The Labute approximate surface area is 137 Å². The van der Waals surface area contributed by atoms with Gasteiger partial charge in [-0.25, -0.2) is 8.42 Å². The molecule has 0 spiro atoms. The second-order valence-electron chi connectivity index (χ2n) is 5.92. The van der Waals surface area contributed by atoms with E-state index in [-0.39, 0.29) is 12.4 Å². The molecule has 5 nitrogen and oxygen atoms in total. The monoisotopic (exact) mass is 341 g/mol. The molecule has 2 unspecified atom stereocenters. The van der Waals surface area contributed by atoms with Crippen molar-refractivity contribution in [3.05, 3.63) is 29.3 Å². The fraction of sp³-hybridized carbons (Fsp3) is 0.533. The molecule has 0 bridgehead atoms. The van der Waals surface area contributed by atoms with Gasteiger partial charge in [-0.1, -0.05) is 0 Å². The molecule has 7 heteroatoms. The van der Waals surface area contributed by atoms with Crippen molar-refractivity contribution in [3.8, 4) is 6.07 Å². The summed E-state index contributed by atoms with van der Waals surface area (Å²) in [4.78, 5) is 0.295. The van der Waals surface area contributed by atoms with Gasteiger partial charge in [0.2, 0.25) is 10.0 Å². The largest absolute Gasteiger partial charge is 0.316 e. The molecule has 3 rings (SSSR count). The van der Waals surface area contributed by atoms with Crippen molar-refractivity contribution in [1.29, 1.82) is 5.26 Å². The highest BCUT2D eigenvalue weighted by atomic mass is 35.5. The Kier molecular flexibility index (Phi) is 5.13. The minimum Gasteiger partial charge on any atom is -0.316 e. The molecular weight excluding hydrogens is 322 g/mol. The van der Waals surface area contributed by atoms with Crippen LogP contribution in [0.25, 0.3) is 0 Å². The number of nitrogens with zero attached hydrogens (tertiary/aromatic N) is 2. The molecule has 1 aromatic rings. The average molecular weight is 342 g/mol. The maximum atomic E-state index is 12.8. The van der Waals surface area contributed by atoms with Crippen LogP contribution in [0.2, 0.25) is 0 Å². The first-order chi connectivity index (χ1) is 10.0. The lowest BCUT2D eigenvalue weighted by molar-refractivity contribution is 0.228. The van der Waals surface area contributed by atoms with Crippen molar-refractivity contribution < 1.29 is 8.42 Å². The van der Waals surface area contributed by atoms with Crippen LogP contribution in [0.3, 0.4) is 0 Å². The SMILES string of the molecule is Cc1cc(S(=O)(=O)N2CCC3CNCC3C2)ccc1C#N.Cl. The van der Waals surface area contributed by atoms with Crippen molar-refractivity contribution in [1.82, 2.24) is 9.62 Å². The van der Waals surface area contributed by atoms with Gasteiger partial charge in [0, 0.05) is 13.1 Å². The zero-order chi connectivity index (χ0) is 15.0. The molecule has 0 aromatic heterocycles. The standard InChI is InChI=1S/C15H19N3O2S.ClH/c1-11-6-15(3-2-12(11)7-16)21(19,20)18-5-4-13-8-17-9-14(13)10-18;/h2-3,6,13-14,17H,4-5,8-10H2,1H3;1H. The first-order valence-electron chi connectivity index (χ1n) is 7.24. The molecular formula is C15H20ClN3O2S. The fourth-order valence-corrected chi connectivity index (χ4v) is 4.89. The first kappa shape index (κ1) is 17.2. The van der Waals surface area contributed by atoms with Gasteiger partial charge in [0.1, 0.15) is 0 Å². The molecule has 0 saturated carbocycles. The number of piperidine rings is 1. The molecule has 2 fully saturated rings. The number of fused-ring (bicyclic) bond motifs is 1. The Morgan fingerprint density at radius 3 is 2.73 bits per heavy atom. The third-order valence-electron chi connectivity index (χ3n) is 4.62. The maximum Gasteiger partial charge on any atom is 0.243 e. The first-order valence-corrected chi connectivity index (χ1v) is 8.68. The van der Waals surface area contributed by atoms with Crippen LogP contribution in [-0.2, 0) is 10.0 Å². The van der Waals surface area contributed by atoms with E-state index < -0.39 is 10.0 Å². The number of hydrogen-bond donors (Lipinski definition) is 1. The number of rotatable bonds is 2. The van der Waals surface area contributed by atoms with Crippen LogP contribution in [0.5, 0.6) is 0 Å². The summed E-state index contributed by atoms with van der Waals surface area (Å²) in [5.74, 6) is 1.03. The minimum absolute atomic E-state index is 0. The number of nitriles is 1. The van der Waals surface area contributed by atoms with Crippen LogP contribution < -0.4 is 5.32 Å². The molecule has 2 aliphatic rings. The van der Waals surface area contributed by atoms with Crippen LogP contribution in [0.1, 0.15) is 17.5 Å². The molecule has 1 N–H and O–H groups in total. The summed E-state index contributed by atoms with van der Waals surface area (Å²) in [5, 5.41) is 12.3. The van der Waals surface area contributed by atoms with Gasteiger partial charge in [-0.15, -0.1) is 12.4 Å². The summed E-state index contributed by atoms with van der Waals surface area (Å²) >= 11 is 0. The van der Waals surface area contributed by atoms with Crippen LogP contribution in [0.15, 0.2) is 23.1 Å². The van der Waals surface area contributed by atoms with Crippen molar-refractivity contribution >= 4 is 22.4 Å². The highest BCUT2D eigenvalue weighted by molar-refractivity contribution is 7.89. The van der Waals surface area contributed by atoms with Gasteiger partial charge in [0.15, 0.2) is 0 Å². The van der Waals surface area contributed by atoms with Crippen LogP contribution >= 0.6 is 12.4 Å². The lowest BCUT2D eigenvalue weighted by Gasteiger charge is -2.33. The van der Waals surface area contributed by atoms with Crippen molar-refractivity contribution in [2.45, 2.75) is 18.2 Å². The zero-order valence-electron chi connectivity index (χ0n) is 12.4. The van der Waals surface area contributed by atoms with E-state index in [0.717, 1.165) is 19.5 Å². The van der Waals surface area contributed by atoms with Gasteiger partial charge in [0.05, 0.1) is 16.5 Å². The van der Waals surface area contributed by atoms with Crippen molar-refractivity contribution in [3.63, 3.8) is 0 Å². The molecule has 2 heterocycles. The number of halogens is 1. The summed E-state index contributed by atoms with van der Waals surface area (Å²) in [7, 11) is -3.45. The molecule has 22 heavy (non-hydrogen) atoms. The van der Waals surface area contributed by atoms with E-state index in [1.54, 1.807) is 29.4 Å². The van der Waals surface area contributed by atoms with Gasteiger partial charge in [-0.05, 0) is 62.0 Å². The van der Waals surface area contributed by atoms with Crippen LogP contribution in [0.4, 0.5) is 0 Å². The molecule has 0 radical (unpaired) electrons. The third kappa shape index (κ3) is 2.99. The lowest BCUT2D eigenvalue weighted by Crippen LogP contribution is -2.43. The van der Waals surface area contributed by atoms with E-state index >= 15 is 0 Å². The van der Waals surface area contributed by atoms with E-state index in [2.05, 4.69) is 11.4 Å². The minimum atomic E-state index is -3.45. The molecule has 2 aliphatic heterocycles. The third-order valence-corrected chi connectivity index (χ3v) is 6.48. The maximum absolute atomic E-state index is 12.8. The molecule has 0 amide bonds. The van der Waals surface area contributed by atoms with Crippen LogP contribution in [0, 0.1) is 30.1 Å². The molecule has 120 valence electrons. The highest BCUT2D eigenvalue weighted by Crippen LogP contribution is 2.30. The van der Waals surface area contributed by atoms with Gasteiger partial charge in [-0.2, -0.15) is 9.57 Å². The van der Waals surface area contributed by atoms with Crippen molar-refractivity contribution in [2.24, 2.45) is 11.8 Å². The lowest BCUT2D eigenvalue weighted by atomic mass is 9.90. The van der Waals surface area contributed by atoms with Gasteiger partial charge in [-0.3, -0.25) is 0 Å². The Morgan fingerprint density at radius 2 is 2.05 bits per heavy atom. The van der Waals surface area contributed by atoms with E-state index in [1.807, 2.05) is 0 Å². The zero-order valence-corrected chi connectivity index (χ0v) is 14.1. The second kappa shape index (κ2) is 6.55. The Hall–Kier alpha value is -1.13. The number of sulfonamides is 1. The van der Waals surface area contributed by atoms with E-state index in [0.29, 0.717) is 40.9 Å². The predicted molar refractivity (Wildman–Crippen MR) is 86.4 cm³/mol. The van der Waals surface area contributed by atoms with Gasteiger partial charge < -0.3 is 5.32 Å². The number of nitrogens with one attached hydrogen (secondary N) is 1. The van der Waals surface area contributed by atoms with E-state index in [9.17, 15) is 8.42 Å². The summed E-state index contributed by atoms with van der Waals surface area (Å²) in [6, 6.07) is 6.80. The van der Waals surface area contributed by atoms with Gasteiger partial charge >= 0.3 is 0 Å². The topological polar surface area (TPSA) is 73.2 Å². The summed E-state index contributed by atoms with van der Waals surface area (Å²) < 4.78 is 27.1.